The van der Waals surface area contributed by atoms with Crippen LogP contribution in [0.2, 0.25) is 0 Å². The molecule has 0 spiro atoms. The number of hydroxylamine groups is 1. The standard InChI is InChI=1S/C19H20N4O2/c24-19(21-25)9-5-4-8-17-14-23(22-20-17)18-12-10-16(11-13-18)15-6-2-1-3-7-15/h1-3,6-7,10-14,25H,4-5,8-9H2,(H,21,24). The van der Waals surface area contributed by atoms with Crippen molar-refractivity contribution in [2.75, 3.05) is 0 Å². The molecule has 0 saturated carbocycles. The minimum absolute atomic E-state index is 0.311. The third kappa shape index (κ3) is 4.51. The summed E-state index contributed by atoms with van der Waals surface area (Å²) < 4.78 is 1.75. The highest BCUT2D eigenvalue weighted by Crippen LogP contribution is 2.20. The number of nitrogens with zero attached hydrogens (tertiary/aromatic N) is 3. The van der Waals surface area contributed by atoms with E-state index in [1.165, 1.54) is 5.56 Å². The lowest BCUT2D eigenvalue weighted by Gasteiger charge is -2.04. The summed E-state index contributed by atoms with van der Waals surface area (Å²) in [6.07, 6.45) is 4.49. The van der Waals surface area contributed by atoms with Crippen molar-refractivity contribution in [2.24, 2.45) is 0 Å². The summed E-state index contributed by atoms with van der Waals surface area (Å²) >= 11 is 0. The largest absolute Gasteiger partial charge is 0.289 e. The zero-order valence-corrected chi connectivity index (χ0v) is 13.8. The number of benzene rings is 2. The molecule has 0 aliphatic carbocycles. The van der Waals surface area contributed by atoms with Gasteiger partial charge in [-0.2, -0.15) is 0 Å². The van der Waals surface area contributed by atoms with Gasteiger partial charge in [0.1, 0.15) is 0 Å². The highest BCUT2D eigenvalue weighted by Gasteiger charge is 2.05. The number of amides is 1. The minimum atomic E-state index is -0.359. The molecule has 0 radical (unpaired) electrons. The molecular formula is C19H20N4O2. The van der Waals surface area contributed by atoms with E-state index in [1.807, 2.05) is 36.5 Å². The second-order valence-corrected chi connectivity index (χ2v) is 5.81. The first-order valence-corrected chi connectivity index (χ1v) is 8.26. The number of aromatic nitrogens is 3. The van der Waals surface area contributed by atoms with Gasteiger partial charge in [-0.15, -0.1) is 5.10 Å². The van der Waals surface area contributed by atoms with Gasteiger partial charge in [0, 0.05) is 6.42 Å². The summed E-state index contributed by atoms with van der Waals surface area (Å²) in [5.41, 5.74) is 5.82. The Bertz CT molecular complexity index is 813. The monoisotopic (exact) mass is 336 g/mol. The Kier molecular flexibility index (Phi) is 5.53. The summed E-state index contributed by atoms with van der Waals surface area (Å²) in [5, 5.41) is 16.8. The molecule has 0 bridgehead atoms. The Morgan fingerprint density at radius 3 is 2.44 bits per heavy atom. The van der Waals surface area contributed by atoms with Crippen LogP contribution in [0.3, 0.4) is 0 Å². The van der Waals surface area contributed by atoms with Crippen molar-refractivity contribution < 1.29 is 10.0 Å². The first kappa shape index (κ1) is 16.9. The van der Waals surface area contributed by atoms with Gasteiger partial charge in [0.15, 0.2) is 0 Å². The van der Waals surface area contributed by atoms with Gasteiger partial charge in [-0.05, 0) is 42.5 Å². The molecule has 2 N–H and O–H groups in total. The van der Waals surface area contributed by atoms with Gasteiger partial charge < -0.3 is 0 Å². The first-order valence-electron chi connectivity index (χ1n) is 8.26. The molecule has 0 unspecified atom stereocenters. The molecule has 0 aliphatic heterocycles. The molecular weight excluding hydrogens is 316 g/mol. The van der Waals surface area contributed by atoms with Crippen LogP contribution in [0.1, 0.15) is 25.0 Å². The number of hydrogen-bond donors (Lipinski definition) is 2. The van der Waals surface area contributed by atoms with E-state index < -0.39 is 0 Å². The van der Waals surface area contributed by atoms with Crippen LogP contribution in [-0.2, 0) is 11.2 Å². The quantitative estimate of drug-likeness (QED) is 0.394. The van der Waals surface area contributed by atoms with Crippen molar-refractivity contribution in [3.05, 3.63) is 66.5 Å². The minimum Gasteiger partial charge on any atom is -0.289 e. The fourth-order valence-electron chi connectivity index (χ4n) is 2.62. The summed E-state index contributed by atoms with van der Waals surface area (Å²) in [6.45, 7) is 0. The van der Waals surface area contributed by atoms with Crippen LogP contribution in [0.25, 0.3) is 16.8 Å². The van der Waals surface area contributed by atoms with E-state index in [9.17, 15) is 4.79 Å². The normalized spacial score (nSPS) is 10.6. The fourth-order valence-corrected chi connectivity index (χ4v) is 2.62. The van der Waals surface area contributed by atoms with E-state index >= 15 is 0 Å². The molecule has 3 rings (SSSR count). The molecule has 0 aliphatic rings. The first-order chi connectivity index (χ1) is 12.3. The third-order valence-electron chi connectivity index (χ3n) is 3.99. The zero-order valence-electron chi connectivity index (χ0n) is 13.8. The molecule has 2 aromatic carbocycles. The summed E-state index contributed by atoms with van der Waals surface area (Å²) in [5.74, 6) is -0.359. The van der Waals surface area contributed by atoms with Crippen molar-refractivity contribution in [2.45, 2.75) is 25.7 Å². The number of unbranched alkanes of at least 4 members (excludes halogenated alkanes) is 1. The van der Waals surface area contributed by atoms with E-state index in [4.69, 9.17) is 5.21 Å². The van der Waals surface area contributed by atoms with Crippen LogP contribution >= 0.6 is 0 Å². The number of rotatable bonds is 7. The van der Waals surface area contributed by atoms with E-state index in [-0.39, 0.29) is 5.91 Å². The molecule has 0 fully saturated rings. The highest BCUT2D eigenvalue weighted by molar-refractivity contribution is 5.74. The van der Waals surface area contributed by atoms with Gasteiger partial charge in [-0.3, -0.25) is 10.0 Å². The summed E-state index contributed by atoms with van der Waals surface area (Å²) in [7, 11) is 0. The molecule has 3 aromatic rings. The Hall–Kier alpha value is -2.99. The topological polar surface area (TPSA) is 80.0 Å². The second-order valence-electron chi connectivity index (χ2n) is 5.81. The van der Waals surface area contributed by atoms with Crippen molar-refractivity contribution in [1.82, 2.24) is 20.5 Å². The van der Waals surface area contributed by atoms with Gasteiger partial charge in [0.25, 0.3) is 0 Å². The lowest BCUT2D eigenvalue weighted by atomic mass is 10.1. The van der Waals surface area contributed by atoms with Crippen molar-refractivity contribution in [3.63, 3.8) is 0 Å². The number of hydrogen-bond acceptors (Lipinski definition) is 4. The molecule has 25 heavy (non-hydrogen) atoms. The molecule has 1 heterocycles. The van der Waals surface area contributed by atoms with E-state index in [1.54, 1.807) is 10.2 Å². The Balaban J connectivity index is 1.59. The second kappa shape index (κ2) is 8.21. The highest BCUT2D eigenvalue weighted by atomic mass is 16.5. The van der Waals surface area contributed by atoms with Crippen molar-refractivity contribution >= 4 is 5.91 Å². The predicted molar refractivity (Wildman–Crippen MR) is 94.3 cm³/mol. The molecule has 0 atom stereocenters. The SMILES string of the molecule is O=C(CCCCc1cn(-c2ccc(-c3ccccc3)cc2)nn1)NO. The number of aryl methyl sites for hydroxylation is 1. The molecule has 1 aromatic heterocycles. The molecule has 6 nitrogen and oxygen atoms in total. The zero-order chi connectivity index (χ0) is 17.5. The van der Waals surface area contributed by atoms with Gasteiger partial charge in [-0.1, -0.05) is 47.7 Å². The Morgan fingerprint density at radius 2 is 1.72 bits per heavy atom. The van der Waals surface area contributed by atoms with Gasteiger partial charge in [0.05, 0.1) is 17.6 Å². The summed E-state index contributed by atoms with van der Waals surface area (Å²) in [4.78, 5) is 10.9. The molecule has 128 valence electrons. The fraction of sp³-hybridized carbons (Fsp3) is 0.211. The van der Waals surface area contributed by atoms with E-state index in [2.05, 4.69) is 34.6 Å². The van der Waals surface area contributed by atoms with Gasteiger partial charge in [-0.25, -0.2) is 10.2 Å². The smallest absolute Gasteiger partial charge is 0.243 e. The maximum absolute atomic E-state index is 10.9. The lowest BCUT2D eigenvalue weighted by molar-refractivity contribution is -0.129. The molecule has 0 saturated heterocycles. The van der Waals surface area contributed by atoms with E-state index in [0.29, 0.717) is 12.8 Å². The van der Waals surface area contributed by atoms with Crippen LogP contribution in [-0.4, -0.2) is 26.1 Å². The van der Waals surface area contributed by atoms with Crippen LogP contribution in [0.5, 0.6) is 0 Å². The van der Waals surface area contributed by atoms with Crippen molar-refractivity contribution in [3.8, 4) is 16.8 Å². The molecule has 1 amide bonds. The van der Waals surface area contributed by atoms with Crippen LogP contribution in [0, 0.1) is 0 Å². The average molecular weight is 336 g/mol. The maximum atomic E-state index is 10.9. The molecule has 6 heteroatoms. The Morgan fingerprint density at radius 1 is 1.00 bits per heavy atom. The number of nitrogens with one attached hydrogen (secondary N) is 1. The average Bonchev–Trinajstić information content (AvgIpc) is 3.15. The lowest BCUT2D eigenvalue weighted by Crippen LogP contribution is -2.17. The van der Waals surface area contributed by atoms with Crippen LogP contribution in [0.4, 0.5) is 0 Å². The summed E-state index contributed by atoms with van der Waals surface area (Å²) in [6, 6.07) is 18.4. The maximum Gasteiger partial charge on any atom is 0.243 e. The number of carbonyl (C=O) groups is 1. The third-order valence-corrected chi connectivity index (χ3v) is 3.99. The van der Waals surface area contributed by atoms with E-state index in [0.717, 1.165) is 29.8 Å². The Labute approximate surface area is 146 Å². The number of carbonyl (C=O) groups excluding carboxylic acids is 1. The van der Waals surface area contributed by atoms with Crippen LogP contribution < -0.4 is 5.48 Å². The van der Waals surface area contributed by atoms with Crippen molar-refractivity contribution in [1.29, 1.82) is 0 Å². The van der Waals surface area contributed by atoms with Gasteiger partial charge in [0.2, 0.25) is 5.91 Å². The predicted octanol–water partition coefficient (Wildman–Crippen LogP) is 3.15. The van der Waals surface area contributed by atoms with Gasteiger partial charge >= 0.3 is 0 Å². The van der Waals surface area contributed by atoms with Crippen LogP contribution in [0.15, 0.2) is 60.8 Å².